The summed E-state index contributed by atoms with van der Waals surface area (Å²) in [6, 6.07) is 7.98. The van der Waals surface area contributed by atoms with Crippen molar-refractivity contribution in [2.75, 3.05) is 24.5 Å². The second-order valence-electron chi connectivity index (χ2n) is 9.68. The van der Waals surface area contributed by atoms with Crippen LogP contribution >= 0.6 is 15.9 Å². The summed E-state index contributed by atoms with van der Waals surface area (Å²) >= 11 is 3.42. The Bertz CT molecular complexity index is 1390. The molecule has 2 aromatic carbocycles. The number of nitrogens with zero attached hydrogens (tertiary/aromatic N) is 2. The highest BCUT2D eigenvalue weighted by Crippen LogP contribution is 2.38. The predicted octanol–water partition coefficient (Wildman–Crippen LogP) is 6.83. The van der Waals surface area contributed by atoms with E-state index in [4.69, 9.17) is 4.98 Å². The van der Waals surface area contributed by atoms with Gasteiger partial charge in [-0.3, -0.25) is 9.59 Å². The van der Waals surface area contributed by atoms with Gasteiger partial charge in [0.05, 0.1) is 16.6 Å². The molecule has 1 amide bonds. The molecular formula is C28H28BrF4N3O3. The number of carboxylic acids is 1. The van der Waals surface area contributed by atoms with Gasteiger partial charge in [-0.2, -0.15) is 13.2 Å². The quantitative estimate of drug-likeness (QED) is 0.273. The van der Waals surface area contributed by atoms with Gasteiger partial charge in [-0.25, -0.2) is 9.37 Å². The molecule has 0 spiro atoms. The first-order valence-corrected chi connectivity index (χ1v) is 13.5. The lowest BCUT2D eigenvalue weighted by molar-refractivity contribution is -0.138. The summed E-state index contributed by atoms with van der Waals surface area (Å²) in [6.07, 6.45) is -2.53. The van der Waals surface area contributed by atoms with E-state index in [0.717, 1.165) is 55.0 Å². The van der Waals surface area contributed by atoms with Crippen LogP contribution in [0, 0.1) is 12.7 Å². The fourth-order valence-electron chi connectivity index (χ4n) is 5.17. The molecule has 1 aliphatic rings. The first-order valence-electron chi connectivity index (χ1n) is 12.7. The maximum Gasteiger partial charge on any atom is 0.416 e. The van der Waals surface area contributed by atoms with Crippen molar-refractivity contribution in [1.82, 2.24) is 10.3 Å². The Balaban J connectivity index is 1.72. The lowest BCUT2D eigenvalue weighted by Crippen LogP contribution is -2.33. The van der Waals surface area contributed by atoms with E-state index in [9.17, 15) is 32.3 Å². The van der Waals surface area contributed by atoms with Crippen LogP contribution in [0.25, 0.3) is 10.9 Å². The fraction of sp³-hybridized carbons (Fsp3) is 0.393. The number of rotatable bonds is 8. The number of amides is 1. The van der Waals surface area contributed by atoms with Gasteiger partial charge in [-0.1, -0.05) is 22.0 Å². The first kappa shape index (κ1) is 28.8. The van der Waals surface area contributed by atoms with Crippen molar-refractivity contribution in [3.05, 3.63) is 68.9 Å². The summed E-state index contributed by atoms with van der Waals surface area (Å²) in [4.78, 5) is 31.9. The zero-order chi connectivity index (χ0) is 28.3. The van der Waals surface area contributed by atoms with Crippen LogP contribution in [0.3, 0.4) is 0 Å². The summed E-state index contributed by atoms with van der Waals surface area (Å²) in [5.74, 6) is -3.43. The third-order valence-corrected chi connectivity index (χ3v) is 7.52. The normalized spacial score (nSPS) is 14.9. The number of hydrogen-bond donors (Lipinski definition) is 2. The van der Waals surface area contributed by atoms with Crippen molar-refractivity contribution in [2.24, 2.45) is 0 Å². The van der Waals surface area contributed by atoms with Crippen LogP contribution in [0.2, 0.25) is 0 Å². The molecule has 1 fully saturated rings. The molecule has 2 N–H and O–H groups in total. The van der Waals surface area contributed by atoms with Gasteiger partial charge >= 0.3 is 12.1 Å². The molecule has 1 unspecified atom stereocenters. The summed E-state index contributed by atoms with van der Waals surface area (Å²) in [6.45, 7) is 2.99. The number of alkyl halides is 3. The number of carbonyl (C=O) groups excluding carboxylic acids is 1. The van der Waals surface area contributed by atoms with Crippen LogP contribution in [0.15, 0.2) is 40.9 Å². The van der Waals surface area contributed by atoms with Crippen molar-refractivity contribution in [3.63, 3.8) is 0 Å². The van der Waals surface area contributed by atoms with E-state index < -0.39 is 47.3 Å². The number of benzene rings is 2. The highest BCUT2D eigenvalue weighted by Gasteiger charge is 2.37. The minimum atomic E-state index is -4.85. The maximum absolute atomic E-state index is 14.8. The lowest BCUT2D eigenvalue weighted by Gasteiger charge is -2.30. The number of carboxylic acid groups (broad SMARTS) is 1. The Morgan fingerprint density at radius 2 is 1.87 bits per heavy atom. The van der Waals surface area contributed by atoms with Crippen LogP contribution < -0.4 is 10.2 Å². The number of fused-ring (bicyclic) bond motifs is 1. The molecule has 0 bridgehead atoms. The minimum Gasteiger partial charge on any atom is -0.481 e. The Kier molecular flexibility index (Phi) is 8.78. The molecule has 39 heavy (non-hydrogen) atoms. The minimum absolute atomic E-state index is 0.291. The van der Waals surface area contributed by atoms with Crippen LogP contribution in [-0.4, -0.2) is 41.6 Å². The average Bonchev–Trinajstić information content (AvgIpc) is 2.88. The van der Waals surface area contributed by atoms with Gasteiger partial charge in [0, 0.05) is 53.0 Å². The maximum atomic E-state index is 14.8. The third-order valence-electron chi connectivity index (χ3n) is 7.03. The van der Waals surface area contributed by atoms with Gasteiger partial charge < -0.3 is 15.3 Å². The third kappa shape index (κ3) is 6.51. The van der Waals surface area contributed by atoms with Crippen molar-refractivity contribution < 1.29 is 32.3 Å². The van der Waals surface area contributed by atoms with E-state index in [1.807, 2.05) is 6.07 Å². The molecule has 3 aromatic rings. The molecule has 2 heterocycles. The molecule has 0 aliphatic carbocycles. The number of aliphatic carboxylic acids is 1. The number of hydrogen-bond acceptors (Lipinski definition) is 4. The zero-order valence-electron chi connectivity index (χ0n) is 21.2. The molecule has 1 aliphatic heterocycles. The number of anilines is 1. The molecule has 0 saturated carbocycles. The highest BCUT2D eigenvalue weighted by molar-refractivity contribution is 9.10. The van der Waals surface area contributed by atoms with Gasteiger partial charge in [0.15, 0.2) is 0 Å². The van der Waals surface area contributed by atoms with Gasteiger partial charge in [0.1, 0.15) is 11.6 Å². The second-order valence-corrected chi connectivity index (χ2v) is 10.6. The Labute approximate surface area is 231 Å². The van der Waals surface area contributed by atoms with Crippen molar-refractivity contribution in [2.45, 2.75) is 51.1 Å². The zero-order valence-corrected chi connectivity index (χ0v) is 22.8. The van der Waals surface area contributed by atoms with Crippen LogP contribution in [0.4, 0.5) is 23.4 Å². The predicted molar refractivity (Wildman–Crippen MR) is 144 cm³/mol. The van der Waals surface area contributed by atoms with E-state index in [0.29, 0.717) is 27.8 Å². The van der Waals surface area contributed by atoms with E-state index in [2.05, 4.69) is 26.1 Å². The van der Waals surface area contributed by atoms with Crippen LogP contribution in [0.1, 0.15) is 65.1 Å². The number of aromatic nitrogens is 1. The lowest BCUT2D eigenvalue weighted by atomic mass is 9.89. The molecule has 1 atom stereocenters. The Morgan fingerprint density at radius 1 is 1.15 bits per heavy atom. The van der Waals surface area contributed by atoms with Crippen LogP contribution in [-0.2, 0) is 11.0 Å². The monoisotopic (exact) mass is 609 g/mol. The Morgan fingerprint density at radius 3 is 2.54 bits per heavy atom. The largest absolute Gasteiger partial charge is 0.481 e. The van der Waals surface area contributed by atoms with E-state index in [1.165, 1.54) is 0 Å². The summed E-state index contributed by atoms with van der Waals surface area (Å²) < 4.78 is 56.8. The van der Waals surface area contributed by atoms with Crippen molar-refractivity contribution in [1.29, 1.82) is 0 Å². The fourth-order valence-corrected chi connectivity index (χ4v) is 5.53. The Hall–Kier alpha value is -3.21. The standard InChI is InChI=1S/C28H28BrF4N3O3/c1-16-24(19-14-18(29)9-10-22(19)35-26(16)36-12-3-2-4-13-36)27(39)34-15-17(8-11-23(37)38)25-20(28(31,32)33)6-5-7-21(25)30/h5-7,9-10,14,17H,2-4,8,11-13,15H2,1H3,(H,34,39)(H,37,38). The number of halogens is 5. The van der Waals surface area contributed by atoms with Gasteiger partial charge in [-0.15, -0.1) is 0 Å². The van der Waals surface area contributed by atoms with Gasteiger partial charge in [0.25, 0.3) is 5.91 Å². The highest BCUT2D eigenvalue weighted by atomic mass is 79.9. The molecule has 1 aromatic heterocycles. The second kappa shape index (κ2) is 11.9. The molecular weight excluding hydrogens is 582 g/mol. The molecule has 0 radical (unpaired) electrons. The number of piperidine rings is 1. The number of nitrogens with one attached hydrogen (secondary N) is 1. The summed E-state index contributed by atoms with van der Waals surface area (Å²) in [5.41, 5.74) is -0.300. The van der Waals surface area contributed by atoms with Crippen molar-refractivity contribution >= 4 is 44.5 Å². The van der Waals surface area contributed by atoms with Gasteiger partial charge in [-0.05, 0) is 62.9 Å². The van der Waals surface area contributed by atoms with E-state index in [1.54, 1.807) is 19.1 Å². The summed E-state index contributed by atoms with van der Waals surface area (Å²) in [5, 5.41) is 12.4. The molecule has 208 valence electrons. The molecule has 4 rings (SSSR count). The van der Waals surface area contributed by atoms with E-state index >= 15 is 0 Å². The average molecular weight is 610 g/mol. The van der Waals surface area contributed by atoms with Crippen molar-refractivity contribution in [3.8, 4) is 0 Å². The smallest absolute Gasteiger partial charge is 0.416 e. The molecule has 11 heteroatoms. The molecule has 6 nitrogen and oxygen atoms in total. The summed E-state index contributed by atoms with van der Waals surface area (Å²) in [7, 11) is 0. The molecule has 1 saturated heterocycles. The SMILES string of the molecule is Cc1c(N2CCCCC2)nc2ccc(Br)cc2c1C(=O)NCC(CCC(=O)O)c1c(F)cccc1C(F)(F)F. The first-order chi connectivity index (χ1) is 18.5. The number of pyridine rings is 1. The van der Waals surface area contributed by atoms with Gasteiger partial charge in [0.2, 0.25) is 0 Å². The van der Waals surface area contributed by atoms with Crippen LogP contribution in [0.5, 0.6) is 0 Å². The number of carbonyl (C=O) groups is 2. The topological polar surface area (TPSA) is 82.5 Å². The van der Waals surface area contributed by atoms with E-state index in [-0.39, 0.29) is 13.0 Å².